The molecular weight excluding hydrogens is 204 g/mol. The Hall–Kier alpha value is -1.10. The van der Waals surface area contributed by atoms with Gasteiger partial charge in [0, 0.05) is 6.54 Å². The summed E-state index contributed by atoms with van der Waals surface area (Å²) in [5.41, 5.74) is 0. The van der Waals surface area contributed by atoms with E-state index in [-0.39, 0.29) is 6.04 Å². The smallest absolute Gasteiger partial charge is 0.315 e. The van der Waals surface area contributed by atoms with E-state index in [9.17, 15) is 0 Å². The van der Waals surface area contributed by atoms with Crippen LogP contribution in [0.5, 0.6) is 0 Å². The molecule has 0 amide bonds. The first-order valence-corrected chi connectivity index (χ1v) is 5.95. The first-order valence-electron chi connectivity index (χ1n) is 5.95. The lowest BCUT2D eigenvalue weighted by atomic mass is 10.0. The number of hydrogen-bond donors (Lipinski definition) is 2. The molecule has 1 aromatic heterocycles. The first-order chi connectivity index (χ1) is 7.71. The third-order valence-electron chi connectivity index (χ3n) is 2.94. The van der Waals surface area contributed by atoms with Gasteiger partial charge in [-0.25, -0.2) is 0 Å². The van der Waals surface area contributed by atoms with Crippen molar-refractivity contribution >= 4 is 6.01 Å². The van der Waals surface area contributed by atoms with E-state index in [1.807, 2.05) is 14.0 Å². The summed E-state index contributed by atoms with van der Waals surface area (Å²) < 4.78 is 5.48. The van der Waals surface area contributed by atoms with Crippen LogP contribution in [0.4, 0.5) is 6.01 Å². The molecule has 1 rings (SSSR count). The second-order valence-corrected chi connectivity index (χ2v) is 4.02. The highest BCUT2D eigenvalue weighted by molar-refractivity contribution is 5.17. The summed E-state index contributed by atoms with van der Waals surface area (Å²) in [6.45, 7) is 7.26. The third kappa shape index (κ3) is 3.48. The van der Waals surface area contributed by atoms with E-state index in [1.165, 1.54) is 0 Å². The summed E-state index contributed by atoms with van der Waals surface area (Å²) >= 11 is 0. The maximum absolute atomic E-state index is 5.48. The van der Waals surface area contributed by atoms with E-state index in [0.717, 1.165) is 19.4 Å². The molecule has 0 aliphatic carbocycles. The van der Waals surface area contributed by atoms with Gasteiger partial charge in [0.25, 0.3) is 0 Å². The molecule has 0 radical (unpaired) electrons. The molecule has 5 heteroatoms. The van der Waals surface area contributed by atoms with E-state index in [0.29, 0.717) is 17.8 Å². The molecule has 92 valence electrons. The van der Waals surface area contributed by atoms with E-state index >= 15 is 0 Å². The molecule has 1 heterocycles. The third-order valence-corrected chi connectivity index (χ3v) is 2.94. The molecular formula is C11H22N4O. The van der Waals surface area contributed by atoms with E-state index in [4.69, 9.17) is 4.42 Å². The van der Waals surface area contributed by atoms with Crippen molar-refractivity contribution in [2.45, 2.75) is 39.7 Å². The van der Waals surface area contributed by atoms with Crippen LogP contribution in [-0.4, -0.2) is 23.8 Å². The van der Waals surface area contributed by atoms with E-state index in [2.05, 4.69) is 34.7 Å². The molecule has 5 nitrogen and oxygen atoms in total. The van der Waals surface area contributed by atoms with Gasteiger partial charge in [-0.05, 0) is 19.9 Å². The van der Waals surface area contributed by atoms with Crippen molar-refractivity contribution in [3.63, 3.8) is 0 Å². The van der Waals surface area contributed by atoms with Crippen molar-refractivity contribution in [2.75, 3.05) is 18.9 Å². The number of rotatable bonds is 7. The molecule has 0 aliphatic rings. The maximum Gasteiger partial charge on any atom is 0.315 e. The second kappa shape index (κ2) is 6.48. The lowest BCUT2D eigenvalue weighted by Gasteiger charge is -2.11. The Morgan fingerprint density at radius 2 is 1.94 bits per heavy atom. The summed E-state index contributed by atoms with van der Waals surface area (Å²) in [4.78, 5) is 0. The maximum atomic E-state index is 5.48. The van der Waals surface area contributed by atoms with Crippen molar-refractivity contribution in [2.24, 2.45) is 5.92 Å². The average molecular weight is 226 g/mol. The minimum absolute atomic E-state index is 0.0937. The van der Waals surface area contributed by atoms with Gasteiger partial charge in [0.2, 0.25) is 5.89 Å². The predicted molar refractivity (Wildman–Crippen MR) is 64.3 cm³/mol. The summed E-state index contributed by atoms with van der Waals surface area (Å²) in [5, 5.41) is 14.2. The molecule has 1 unspecified atom stereocenters. The van der Waals surface area contributed by atoms with Crippen molar-refractivity contribution in [1.29, 1.82) is 0 Å². The predicted octanol–water partition coefficient (Wildman–Crippen LogP) is 2.20. The van der Waals surface area contributed by atoms with Gasteiger partial charge in [0.1, 0.15) is 0 Å². The average Bonchev–Trinajstić information content (AvgIpc) is 2.78. The number of anilines is 1. The van der Waals surface area contributed by atoms with Crippen molar-refractivity contribution in [3.05, 3.63) is 5.89 Å². The van der Waals surface area contributed by atoms with Gasteiger partial charge in [0.05, 0.1) is 6.04 Å². The molecule has 1 aromatic rings. The Kier molecular flexibility index (Phi) is 5.25. The fourth-order valence-electron chi connectivity index (χ4n) is 1.41. The van der Waals surface area contributed by atoms with Gasteiger partial charge in [-0.15, -0.1) is 5.10 Å². The Morgan fingerprint density at radius 3 is 2.50 bits per heavy atom. The van der Waals surface area contributed by atoms with Crippen LogP contribution >= 0.6 is 0 Å². The Morgan fingerprint density at radius 1 is 1.25 bits per heavy atom. The quantitative estimate of drug-likeness (QED) is 0.746. The fraction of sp³-hybridized carbons (Fsp3) is 0.818. The minimum Gasteiger partial charge on any atom is -0.406 e. The molecule has 0 spiro atoms. The second-order valence-electron chi connectivity index (χ2n) is 4.02. The largest absolute Gasteiger partial charge is 0.406 e. The SMILES string of the molecule is CCC(CC)CNc1nnc(C(C)NC)o1. The standard InChI is InChI=1S/C11H22N4O/c1-5-9(6-2)7-13-11-15-14-10(16-11)8(3)12-4/h8-9,12H,5-7H2,1-4H3,(H,13,15). The van der Waals surface area contributed by atoms with Crippen molar-refractivity contribution < 1.29 is 4.42 Å². The zero-order chi connectivity index (χ0) is 12.0. The first kappa shape index (κ1) is 13.0. The van der Waals surface area contributed by atoms with Gasteiger partial charge >= 0.3 is 6.01 Å². The van der Waals surface area contributed by atoms with Crippen molar-refractivity contribution in [1.82, 2.24) is 15.5 Å². The highest BCUT2D eigenvalue weighted by atomic mass is 16.4. The molecule has 2 N–H and O–H groups in total. The Labute approximate surface area is 97.0 Å². The van der Waals surface area contributed by atoms with Crippen LogP contribution in [0.1, 0.15) is 45.5 Å². The molecule has 0 aromatic carbocycles. The lowest BCUT2D eigenvalue weighted by Crippen LogP contribution is -2.13. The van der Waals surface area contributed by atoms with Gasteiger partial charge in [-0.3, -0.25) is 0 Å². The summed E-state index contributed by atoms with van der Waals surface area (Å²) in [6, 6.07) is 0.611. The lowest BCUT2D eigenvalue weighted by molar-refractivity contribution is 0.435. The zero-order valence-electron chi connectivity index (χ0n) is 10.6. The van der Waals surface area contributed by atoms with Crippen LogP contribution in [-0.2, 0) is 0 Å². The normalized spacial score (nSPS) is 13.1. The molecule has 16 heavy (non-hydrogen) atoms. The van der Waals surface area contributed by atoms with Gasteiger partial charge < -0.3 is 15.1 Å². The van der Waals surface area contributed by atoms with Gasteiger partial charge in [-0.1, -0.05) is 31.8 Å². The van der Waals surface area contributed by atoms with Crippen LogP contribution in [0.3, 0.4) is 0 Å². The fourth-order valence-corrected chi connectivity index (χ4v) is 1.41. The monoisotopic (exact) mass is 226 g/mol. The van der Waals surface area contributed by atoms with Gasteiger partial charge in [0.15, 0.2) is 0 Å². The Bertz CT molecular complexity index is 296. The van der Waals surface area contributed by atoms with Crippen LogP contribution in [0.15, 0.2) is 4.42 Å². The minimum atomic E-state index is 0.0937. The molecule has 0 saturated carbocycles. The Balaban J connectivity index is 2.46. The van der Waals surface area contributed by atoms with Crippen LogP contribution in [0.25, 0.3) is 0 Å². The number of nitrogens with one attached hydrogen (secondary N) is 2. The topological polar surface area (TPSA) is 63.0 Å². The summed E-state index contributed by atoms with van der Waals surface area (Å²) in [6.07, 6.45) is 2.33. The summed E-state index contributed by atoms with van der Waals surface area (Å²) in [7, 11) is 1.87. The van der Waals surface area contributed by atoms with Crippen LogP contribution in [0, 0.1) is 5.92 Å². The van der Waals surface area contributed by atoms with Crippen LogP contribution in [0.2, 0.25) is 0 Å². The molecule has 0 fully saturated rings. The van der Waals surface area contributed by atoms with E-state index < -0.39 is 0 Å². The highest BCUT2D eigenvalue weighted by Gasteiger charge is 2.12. The van der Waals surface area contributed by atoms with E-state index in [1.54, 1.807) is 0 Å². The molecule has 0 bridgehead atoms. The van der Waals surface area contributed by atoms with Gasteiger partial charge in [-0.2, -0.15) is 0 Å². The number of aromatic nitrogens is 2. The molecule has 0 aliphatic heterocycles. The van der Waals surface area contributed by atoms with Crippen molar-refractivity contribution in [3.8, 4) is 0 Å². The molecule has 0 saturated heterocycles. The summed E-state index contributed by atoms with van der Waals surface area (Å²) in [5.74, 6) is 1.28. The molecule has 1 atom stereocenters. The highest BCUT2D eigenvalue weighted by Crippen LogP contribution is 2.14. The number of hydrogen-bond acceptors (Lipinski definition) is 5. The van der Waals surface area contributed by atoms with Crippen LogP contribution < -0.4 is 10.6 Å². The number of nitrogens with zero attached hydrogens (tertiary/aromatic N) is 2. The zero-order valence-corrected chi connectivity index (χ0v) is 10.6.